The van der Waals surface area contributed by atoms with E-state index < -0.39 is 18.0 Å². The number of nitrogens with one attached hydrogen (secondary N) is 1. The molecule has 0 bridgehead atoms. The van der Waals surface area contributed by atoms with Crippen molar-refractivity contribution in [2.45, 2.75) is 57.1 Å². The lowest BCUT2D eigenvalue weighted by Crippen LogP contribution is -2.49. The van der Waals surface area contributed by atoms with Gasteiger partial charge in [0, 0.05) is 18.0 Å². The number of likely N-dealkylation sites (tertiary alicyclic amines) is 1. The van der Waals surface area contributed by atoms with Gasteiger partial charge in [0.1, 0.15) is 0 Å². The Bertz CT molecular complexity index is 869. The average molecular weight is 429 g/mol. The van der Waals surface area contributed by atoms with Gasteiger partial charge >= 0.3 is 0 Å². The Balaban J connectivity index is 1.45. The number of benzene rings is 1. The smallest absolute Gasteiger partial charge is 0.255 e. The minimum absolute atomic E-state index is 0.00792. The number of hydrogen-bond donors (Lipinski definition) is 1. The lowest BCUT2D eigenvalue weighted by molar-refractivity contribution is -0.163. The molecule has 2 saturated heterocycles. The first-order valence-corrected chi connectivity index (χ1v) is 11.3. The van der Waals surface area contributed by atoms with Crippen LogP contribution in [0.3, 0.4) is 0 Å². The van der Waals surface area contributed by atoms with Crippen LogP contribution in [0.15, 0.2) is 47.8 Å². The fraction of sp³-hybridized carbons (Fsp3) is 0.478. The summed E-state index contributed by atoms with van der Waals surface area (Å²) in [5.41, 5.74) is 1.11. The van der Waals surface area contributed by atoms with Gasteiger partial charge < -0.3 is 19.7 Å². The lowest BCUT2D eigenvalue weighted by atomic mass is 10.0. The van der Waals surface area contributed by atoms with E-state index in [0.717, 1.165) is 24.8 Å². The maximum absolute atomic E-state index is 13.4. The van der Waals surface area contributed by atoms with Crippen LogP contribution in [-0.4, -0.2) is 47.8 Å². The molecule has 0 spiro atoms. The SMILES string of the molecule is CC1(C)O[C@@H](C(=O)NCCc2cccs2)[C@H](C(=O)N2CCC[C@@H]2c2ccccc2)O1. The maximum Gasteiger partial charge on any atom is 0.255 e. The number of hydrogen-bond acceptors (Lipinski definition) is 5. The number of amides is 2. The number of nitrogens with zero attached hydrogens (tertiary/aromatic N) is 1. The summed E-state index contributed by atoms with van der Waals surface area (Å²) in [6.45, 7) is 4.64. The van der Waals surface area contributed by atoms with Crippen molar-refractivity contribution >= 4 is 23.2 Å². The van der Waals surface area contributed by atoms with Crippen molar-refractivity contribution in [3.05, 3.63) is 58.3 Å². The molecular weight excluding hydrogens is 400 g/mol. The van der Waals surface area contributed by atoms with Gasteiger partial charge in [-0.15, -0.1) is 11.3 Å². The maximum atomic E-state index is 13.4. The van der Waals surface area contributed by atoms with Crippen LogP contribution in [0, 0.1) is 0 Å². The Labute approximate surface area is 181 Å². The van der Waals surface area contributed by atoms with E-state index in [0.29, 0.717) is 13.1 Å². The monoisotopic (exact) mass is 428 g/mol. The highest BCUT2D eigenvalue weighted by atomic mass is 32.1. The molecule has 2 aromatic rings. The van der Waals surface area contributed by atoms with Crippen LogP contribution in [0.25, 0.3) is 0 Å². The van der Waals surface area contributed by atoms with E-state index in [1.807, 2.05) is 52.7 Å². The van der Waals surface area contributed by atoms with Gasteiger partial charge in [0.15, 0.2) is 18.0 Å². The van der Waals surface area contributed by atoms with E-state index in [4.69, 9.17) is 9.47 Å². The van der Waals surface area contributed by atoms with Crippen molar-refractivity contribution in [2.24, 2.45) is 0 Å². The van der Waals surface area contributed by atoms with Gasteiger partial charge in [-0.3, -0.25) is 9.59 Å². The van der Waals surface area contributed by atoms with Crippen LogP contribution >= 0.6 is 11.3 Å². The van der Waals surface area contributed by atoms with Crippen LogP contribution < -0.4 is 5.32 Å². The summed E-state index contributed by atoms with van der Waals surface area (Å²) < 4.78 is 11.8. The Hall–Kier alpha value is -2.22. The van der Waals surface area contributed by atoms with E-state index in [1.165, 1.54) is 4.88 Å². The molecule has 0 unspecified atom stereocenters. The molecular formula is C23H28N2O4S. The third-order valence-electron chi connectivity index (χ3n) is 5.57. The average Bonchev–Trinajstić information content (AvgIpc) is 3.47. The molecule has 4 rings (SSSR count). The second-order valence-corrected chi connectivity index (χ2v) is 9.23. The van der Waals surface area contributed by atoms with Crippen LogP contribution in [0.5, 0.6) is 0 Å². The van der Waals surface area contributed by atoms with Crippen LogP contribution in [0.4, 0.5) is 0 Å². The zero-order valence-electron chi connectivity index (χ0n) is 17.4. The summed E-state index contributed by atoms with van der Waals surface area (Å²) >= 11 is 1.66. The third kappa shape index (κ3) is 4.58. The van der Waals surface area contributed by atoms with Crippen molar-refractivity contribution in [1.29, 1.82) is 0 Å². The second-order valence-electron chi connectivity index (χ2n) is 8.20. The van der Waals surface area contributed by atoms with E-state index >= 15 is 0 Å². The number of carbonyl (C=O) groups is 2. The van der Waals surface area contributed by atoms with Gasteiger partial charge in [0.05, 0.1) is 6.04 Å². The van der Waals surface area contributed by atoms with Crippen molar-refractivity contribution in [1.82, 2.24) is 10.2 Å². The first kappa shape index (κ1) is 21.0. The Kier molecular flexibility index (Phi) is 6.22. The molecule has 30 heavy (non-hydrogen) atoms. The lowest BCUT2D eigenvalue weighted by Gasteiger charge is -2.28. The number of ether oxygens (including phenoxy) is 2. The first-order chi connectivity index (χ1) is 14.4. The van der Waals surface area contributed by atoms with Crippen LogP contribution in [-0.2, 0) is 25.5 Å². The number of carbonyl (C=O) groups excluding carboxylic acids is 2. The predicted octanol–water partition coefficient (Wildman–Crippen LogP) is 3.29. The highest BCUT2D eigenvalue weighted by Crippen LogP contribution is 2.36. The standard InChI is InChI=1S/C23H28N2O4S/c1-23(2)28-19(21(26)24-13-12-17-10-7-15-30-17)20(29-23)22(27)25-14-6-11-18(25)16-8-4-3-5-9-16/h3-5,7-10,15,18-20H,6,11-14H2,1-2H3,(H,24,26)/t18-,19-,20-/m1/s1. The zero-order valence-corrected chi connectivity index (χ0v) is 18.2. The molecule has 0 radical (unpaired) electrons. The van der Waals surface area contributed by atoms with E-state index in [9.17, 15) is 9.59 Å². The summed E-state index contributed by atoms with van der Waals surface area (Å²) in [7, 11) is 0. The van der Waals surface area contributed by atoms with Crippen LogP contribution in [0.1, 0.15) is 43.2 Å². The quantitative estimate of drug-likeness (QED) is 0.767. The summed E-state index contributed by atoms with van der Waals surface area (Å²) in [6.07, 6.45) is 0.699. The number of thiophene rings is 1. The molecule has 3 atom stereocenters. The third-order valence-corrected chi connectivity index (χ3v) is 6.51. The largest absolute Gasteiger partial charge is 0.353 e. The first-order valence-electron chi connectivity index (χ1n) is 10.5. The van der Waals surface area contributed by atoms with Crippen LogP contribution in [0.2, 0.25) is 0 Å². The molecule has 6 nitrogen and oxygen atoms in total. The predicted molar refractivity (Wildman–Crippen MR) is 115 cm³/mol. The molecule has 3 heterocycles. The Morgan fingerprint density at radius 2 is 1.90 bits per heavy atom. The molecule has 2 aliphatic heterocycles. The topological polar surface area (TPSA) is 67.9 Å². The van der Waals surface area contributed by atoms with E-state index in [-0.39, 0.29) is 17.9 Å². The summed E-state index contributed by atoms with van der Waals surface area (Å²) in [4.78, 5) is 29.3. The molecule has 160 valence electrons. The summed E-state index contributed by atoms with van der Waals surface area (Å²) in [6, 6.07) is 14.1. The van der Waals surface area contributed by atoms with Gasteiger partial charge in [-0.1, -0.05) is 36.4 Å². The second kappa shape index (κ2) is 8.88. The molecule has 0 saturated carbocycles. The molecule has 7 heteroatoms. The Morgan fingerprint density at radius 3 is 2.63 bits per heavy atom. The molecule has 1 aromatic carbocycles. The minimum atomic E-state index is -0.988. The van der Waals surface area contributed by atoms with Gasteiger partial charge in [0.25, 0.3) is 11.8 Å². The van der Waals surface area contributed by atoms with Gasteiger partial charge in [0.2, 0.25) is 0 Å². The normalized spacial score (nSPS) is 25.4. The van der Waals surface area contributed by atoms with E-state index in [1.54, 1.807) is 25.2 Å². The van der Waals surface area contributed by atoms with Crippen molar-refractivity contribution in [3.8, 4) is 0 Å². The van der Waals surface area contributed by atoms with Crippen molar-refractivity contribution < 1.29 is 19.1 Å². The highest BCUT2D eigenvalue weighted by molar-refractivity contribution is 7.09. The van der Waals surface area contributed by atoms with Gasteiger partial charge in [-0.25, -0.2) is 0 Å². The van der Waals surface area contributed by atoms with Gasteiger partial charge in [-0.2, -0.15) is 0 Å². The molecule has 2 aliphatic rings. The highest BCUT2D eigenvalue weighted by Gasteiger charge is 2.51. The zero-order chi connectivity index (χ0) is 21.1. The van der Waals surface area contributed by atoms with Gasteiger partial charge in [-0.05, 0) is 50.1 Å². The Morgan fingerprint density at radius 1 is 1.13 bits per heavy atom. The molecule has 2 fully saturated rings. The fourth-order valence-corrected chi connectivity index (χ4v) is 4.92. The minimum Gasteiger partial charge on any atom is -0.353 e. The molecule has 0 aliphatic carbocycles. The molecule has 1 aromatic heterocycles. The summed E-state index contributed by atoms with van der Waals surface area (Å²) in [5, 5.41) is 4.93. The van der Waals surface area contributed by atoms with Crippen molar-refractivity contribution in [2.75, 3.05) is 13.1 Å². The number of rotatable bonds is 6. The van der Waals surface area contributed by atoms with E-state index in [2.05, 4.69) is 5.32 Å². The van der Waals surface area contributed by atoms with Crippen molar-refractivity contribution in [3.63, 3.8) is 0 Å². The fourth-order valence-electron chi connectivity index (χ4n) is 4.21. The summed E-state index contributed by atoms with van der Waals surface area (Å²) in [5.74, 6) is -1.46. The molecule has 1 N–H and O–H groups in total. The molecule has 2 amide bonds.